The Morgan fingerprint density at radius 1 is 1.33 bits per heavy atom. The average Bonchev–Trinajstić information content (AvgIpc) is 2.63. The molecule has 2 amide bonds. The van der Waals surface area contributed by atoms with Crippen LogP contribution in [0, 0.1) is 0 Å². The number of amides is 2. The van der Waals surface area contributed by atoms with Gasteiger partial charge in [-0.1, -0.05) is 0 Å². The van der Waals surface area contributed by atoms with Crippen LogP contribution in [0.4, 0.5) is 0 Å². The summed E-state index contributed by atoms with van der Waals surface area (Å²) in [5, 5.41) is 30.9. The van der Waals surface area contributed by atoms with Crippen molar-refractivity contribution < 1.29 is 44.0 Å². The molecule has 0 aliphatic carbocycles. The average molecular weight is 331 g/mol. The fourth-order valence-electron chi connectivity index (χ4n) is 1.31. The summed E-state index contributed by atoms with van der Waals surface area (Å²) in [4.78, 5) is 36.2. The molecule has 0 aromatic rings. The van der Waals surface area contributed by atoms with E-state index in [2.05, 4.69) is 11.1 Å². The van der Waals surface area contributed by atoms with Crippen LogP contribution in [-0.4, -0.2) is 75.1 Å². The number of ether oxygens (including phenoxy) is 1. The highest BCUT2D eigenvalue weighted by Gasteiger charge is 2.44. The Balaban J connectivity index is 0.000000486. The van der Waals surface area contributed by atoms with Crippen molar-refractivity contribution in [2.24, 2.45) is 5.73 Å². The molecule has 1 saturated heterocycles. The first-order valence-corrected chi connectivity index (χ1v) is 7.14. The molecule has 0 bridgehead atoms. The highest BCUT2D eigenvalue weighted by Crippen LogP contribution is 2.32. The van der Waals surface area contributed by atoms with Crippen molar-refractivity contribution in [2.75, 3.05) is 13.2 Å². The zero-order valence-electron chi connectivity index (χ0n) is 10.7. The zero-order chi connectivity index (χ0) is 16.6. The molecule has 1 fully saturated rings. The van der Waals surface area contributed by atoms with Crippen molar-refractivity contribution in [1.82, 2.24) is 10.4 Å². The monoisotopic (exact) mass is 331 g/mol. The maximum Gasteiger partial charge on any atom is 0.402 e. The zero-order valence-corrected chi connectivity index (χ0v) is 11.6. The summed E-state index contributed by atoms with van der Waals surface area (Å²) in [6.07, 6.45) is -4.87. The molecule has 21 heavy (non-hydrogen) atoms. The van der Waals surface area contributed by atoms with Gasteiger partial charge in [-0.25, -0.2) is 4.57 Å². The first-order chi connectivity index (χ1) is 9.62. The van der Waals surface area contributed by atoms with Crippen LogP contribution < -0.4 is 16.1 Å². The first kappa shape index (κ1) is 19.9. The van der Waals surface area contributed by atoms with Gasteiger partial charge in [0.25, 0.3) is 0 Å². The van der Waals surface area contributed by atoms with Gasteiger partial charge in [0.05, 0.1) is 13.2 Å². The smallest absolute Gasteiger partial charge is 0.394 e. The molecule has 1 aliphatic heterocycles. The Morgan fingerprint density at radius 3 is 2.19 bits per heavy atom. The number of nitrogens with one attached hydrogen (secondary N) is 2. The van der Waals surface area contributed by atoms with E-state index in [0.29, 0.717) is 6.41 Å². The van der Waals surface area contributed by atoms with Crippen LogP contribution in [0.2, 0.25) is 0 Å². The summed E-state index contributed by atoms with van der Waals surface area (Å²) in [6.45, 7) is -0.624. The molecule has 9 N–H and O–H groups in total. The van der Waals surface area contributed by atoms with Gasteiger partial charge < -0.3 is 40.9 Å². The van der Waals surface area contributed by atoms with E-state index in [4.69, 9.17) is 19.6 Å². The SMILES string of the molecule is NC(=O)CNC=O.O=P(O)(O)NC1O[C@H](CO)[C@@H](O)[C@H]1O. The molecular weight excluding hydrogens is 313 g/mol. The lowest BCUT2D eigenvalue weighted by Gasteiger charge is -2.16. The Morgan fingerprint density at radius 2 is 1.90 bits per heavy atom. The quantitative estimate of drug-likeness (QED) is 0.172. The number of primary amides is 1. The number of carbonyl (C=O) groups excluding carboxylic acids is 2. The normalized spacial score (nSPS) is 28.4. The van der Waals surface area contributed by atoms with Crippen molar-refractivity contribution >= 4 is 20.1 Å². The van der Waals surface area contributed by atoms with Crippen LogP contribution in [0.3, 0.4) is 0 Å². The largest absolute Gasteiger partial charge is 0.402 e. The van der Waals surface area contributed by atoms with Crippen LogP contribution in [-0.2, 0) is 18.9 Å². The van der Waals surface area contributed by atoms with Crippen molar-refractivity contribution in [3.8, 4) is 0 Å². The third-order valence-corrected chi connectivity index (χ3v) is 2.79. The lowest BCUT2D eigenvalue weighted by atomic mass is 10.1. The van der Waals surface area contributed by atoms with Crippen LogP contribution >= 0.6 is 7.75 Å². The molecule has 0 radical (unpaired) electrons. The molecular formula is C8H18N3O9P. The van der Waals surface area contributed by atoms with E-state index in [1.54, 1.807) is 5.09 Å². The summed E-state index contributed by atoms with van der Waals surface area (Å²) in [6, 6.07) is 0. The van der Waals surface area contributed by atoms with Crippen LogP contribution in [0.1, 0.15) is 0 Å². The van der Waals surface area contributed by atoms with Crippen LogP contribution in [0.25, 0.3) is 0 Å². The topological polar surface area (TPSA) is 212 Å². The standard InChI is InChI=1S/C5H12NO7P.C3H6N2O2/c7-1-2-3(8)4(9)5(13-2)6-14(10,11)12;4-3(7)1-5-2-6/h2-5,7-9H,1H2,(H3,6,10,11,12);2H,1H2,(H2,4,7)(H,5,6)/t2-,3-,4-,5?;/m1./s1. The number of carbonyl (C=O) groups is 2. The number of rotatable bonds is 6. The second kappa shape index (κ2) is 9.02. The van der Waals surface area contributed by atoms with E-state index >= 15 is 0 Å². The molecule has 0 spiro atoms. The predicted octanol–water partition coefficient (Wildman–Crippen LogP) is -4.67. The van der Waals surface area contributed by atoms with E-state index in [0.717, 1.165) is 0 Å². The number of aliphatic hydroxyl groups is 3. The maximum atomic E-state index is 10.5. The van der Waals surface area contributed by atoms with Gasteiger partial charge in [-0.3, -0.25) is 9.59 Å². The van der Waals surface area contributed by atoms with Crippen LogP contribution in [0.5, 0.6) is 0 Å². The molecule has 4 atom stereocenters. The van der Waals surface area contributed by atoms with E-state index in [1.165, 1.54) is 0 Å². The predicted molar refractivity (Wildman–Crippen MR) is 66.2 cm³/mol. The minimum absolute atomic E-state index is 0.0799. The lowest BCUT2D eigenvalue weighted by molar-refractivity contribution is -0.119. The minimum atomic E-state index is -4.54. The van der Waals surface area contributed by atoms with Gasteiger partial charge in [-0.05, 0) is 0 Å². The Hall–Kier alpha value is -1.11. The Labute approximate surface area is 119 Å². The van der Waals surface area contributed by atoms with Crippen molar-refractivity contribution in [3.63, 3.8) is 0 Å². The van der Waals surface area contributed by atoms with Crippen molar-refractivity contribution in [2.45, 2.75) is 24.5 Å². The summed E-state index contributed by atoms with van der Waals surface area (Å²) in [5.74, 6) is -0.535. The third kappa shape index (κ3) is 8.04. The molecule has 1 rings (SSSR count). The summed E-state index contributed by atoms with van der Waals surface area (Å²) >= 11 is 0. The summed E-state index contributed by atoms with van der Waals surface area (Å²) < 4.78 is 15.2. The fraction of sp³-hybridized carbons (Fsp3) is 0.750. The maximum absolute atomic E-state index is 10.5. The van der Waals surface area contributed by atoms with Gasteiger partial charge in [-0.15, -0.1) is 0 Å². The van der Waals surface area contributed by atoms with Gasteiger partial charge in [-0.2, -0.15) is 5.09 Å². The van der Waals surface area contributed by atoms with Crippen LogP contribution in [0.15, 0.2) is 0 Å². The number of hydrogen-bond acceptors (Lipinski definition) is 7. The number of aliphatic hydroxyl groups excluding tert-OH is 3. The molecule has 1 unspecified atom stereocenters. The highest BCUT2D eigenvalue weighted by atomic mass is 31.2. The lowest BCUT2D eigenvalue weighted by Crippen LogP contribution is -2.39. The fourth-order valence-corrected chi connectivity index (χ4v) is 1.86. The minimum Gasteiger partial charge on any atom is -0.394 e. The molecule has 1 aliphatic rings. The van der Waals surface area contributed by atoms with E-state index in [9.17, 15) is 24.4 Å². The van der Waals surface area contributed by atoms with Crippen molar-refractivity contribution in [1.29, 1.82) is 0 Å². The highest BCUT2D eigenvalue weighted by molar-refractivity contribution is 7.49. The number of nitrogens with two attached hydrogens (primary N) is 1. The summed E-state index contributed by atoms with van der Waals surface area (Å²) in [5.41, 5.74) is 4.62. The van der Waals surface area contributed by atoms with E-state index in [1.807, 2.05) is 0 Å². The summed E-state index contributed by atoms with van der Waals surface area (Å²) in [7, 11) is -4.54. The first-order valence-electron chi connectivity index (χ1n) is 5.53. The molecule has 0 aromatic heterocycles. The molecule has 13 heteroatoms. The van der Waals surface area contributed by atoms with Gasteiger partial charge in [0.2, 0.25) is 12.3 Å². The second-order valence-corrected chi connectivity index (χ2v) is 5.24. The molecule has 0 aromatic carbocycles. The van der Waals surface area contributed by atoms with Gasteiger partial charge >= 0.3 is 7.75 Å². The third-order valence-electron chi connectivity index (χ3n) is 2.20. The molecule has 1 heterocycles. The Bertz CT molecular complexity index is 389. The van der Waals surface area contributed by atoms with E-state index in [-0.39, 0.29) is 6.54 Å². The van der Waals surface area contributed by atoms with Crippen molar-refractivity contribution in [3.05, 3.63) is 0 Å². The second-order valence-electron chi connectivity index (χ2n) is 3.90. The Kier molecular flexibility index (Phi) is 8.54. The van der Waals surface area contributed by atoms with Gasteiger partial charge in [0, 0.05) is 0 Å². The molecule has 12 nitrogen and oxygen atoms in total. The molecule has 0 saturated carbocycles. The van der Waals surface area contributed by atoms with Gasteiger partial charge in [0.15, 0.2) is 0 Å². The van der Waals surface area contributed by atoms with Gasteiger partial charge in [0.1, 0.15) is 24.5 Å². The van der Waals surface area contributed by atoms with E-state index < -0.39 is 44.8 Å². The molecule has 124 valence electrons. The number of hydrogen-bond donors (Lipinski definition) is 8.